The van der Waals surface area contributed by atoms with Gasteiger partial charge < -0.3 is 14.5 Å². The van der Waals surface area contributed by atoms with Crippen molar-refractivity contribution in [1.29, 1.82) is 5.26 Å². The van der Waals surface area contributed by atoms with E-state index in [9.17, 15) is 14.9 Å². The van der Waals surface area contributed by atoms with Gasteiger partial charge in [0, 0.05) is 42.9 Å². The Morgan fingerprint density at radius 1 is 0.848 bits per heavy atom. The Kier molecular flexibility index (Phi) is 6.70. The van der Waals surface area contributed by atoms with E-state index in [1.54, 1.807) is 40.1 Å². The van der Waals surface area contributed by atoms with Crippen molar-refractivity contribution in [3.8, 4) is 11.8 Å². The molecule has 0 atom stereocenters. The van der Waals surface area contributed by atoms with Crippen LogP contribution in [0.4, 0.5) is 0 Å². The van der Waals surface area contributed by atoms with Gasteiger partial charge in [-0.1, -0.05) is 42.0 Å². The minimum Gasteiger partial charge on any atom is -0.489 e. The maximum Gasteiger partial charge on any atom is 0.254 e. The van der Waals surface area contributed by atoms with Crippen LogP contribution in [0.2, 0.25) is 0 Å². The monoisotopic (exact) mass is 439 g/mol. The molecule has 1 heterocycles. The van der Waals surface area contributed by atoms with Crippen molar-refractivity contribution in [2.75, 3.05) is 26.2 Å². The second kappa shape index (κ2) is 10.0. The minimum atomic E-state index is -0.0830. The molecule has 3 aromatic carbocycles. The van der Waals surface area contributed by atoms with Crippen molar-refractivity contribution >= 4 is 11.8 Å². The maximum absolute atomic E-state index is 13.0. The van der Waals surface area contributed by atoms with Crippen LogP contribution >= 0.6 is 0 Å². The quantitative estimate of drug-likeness (QED) is 0.601. The van der Waals surface area contributed by atoms with Crippen molar-refractivity contribution in [2.45, 2.75) is 13.5 Å². The van der Waals surface area contributed by atoms with Crippen LogP contribution in [-0.4, -0.2) is 47.8 Å². The summed E-state index contributed by atoms with van der Waals surface area (Å²) in [6, 6.07) is 24.1. The molecule has 0 aliphatic carbocycles. The van der Waals surface area contributed by atoms with E-state index in [1.165, 1.54) is 0 Å². The van der Waals surface area contributed by atoms with Crippen molar-refractivity contribution in [3.63, 3.8) is 0 Å². The zero-order chi connectivity index (χ0) is 23.2. The van der Waals surface area contributed by atoms with Gasteiger partial charge in [-0.3, -0.25) is 9.59 Å². The van der Waals surface area contributed by atoms with E-state index >= 15 is 0 Å². The Hall–Kier alpha value is -4.11. The predicted octanol–water partition coefficient (Wildman–Crippen LogP) is 4.04. The lowest BCUT2D eigenvalue weighted by molar-refractivity contribution is 0.0535. The van der Waals surface area contributed by atoms with Gasteiger partial charge in [-0.15, -0.1) is 0 Å². The number of ether oxygens (including phenoxy) is 1. The average molecular weight is 440 g/mol. The molecule has 0 aromatic heterocycles. The molecule has 0 saturated carbocycles. The molecule has 166 valence electrons. The van der Waals surface area contributed by atoms with Crippen LogP contribution in [0.3, 0.4) is 0 Å². The second-order valence-electron chi connectivity index (χ2n) is 8.04. The fourth-order valence-corrected chi connectivity index (χ4v) is 3.81. The first-order chi connectivity index (χ1) is 16.0. The summed E-state index contributed by atoms with van der Waals surface area (Å²) in [4.78, 5) is 29.3. The molecule has 6 nitrogen and oxygen atoms in total. The average Bonchev–Trinajstić information content (AvgIpc) is 2.87. The Bertz CT molecular complexity index is 1190. The van der Waals surface area contributed by atoms with Crippen molar-refractivity contribution in [3.05, 3.63) is 101 Å². The number of rotatable bonds is 5. The van der Waals surface area contributed by atoms with Gasteiger partial charge in [-0.2, -0.15) is 5.26 Å². The van der Waals surface area contributed by atoms with Crippen molar-refractivity contribution in [1.82, 2.24) is 9.80 Å². The Morgan fingerprint density at radius 3 is 2.15 bits per heavy atom. The lowest BCUT2D eigenvalue weighted by atomic mass is 10.1. The molecule has 1 aliphatic heterocycles. The third-order valence-electron chi connectivity index (χ3n) is 5.77. The van der Waals surface area contributed by atoms with E-state index in [4.69, 9.17) is 4.74 Å². The molecule has 0 radical (unpaired) electrons. The minimum absolute atomic E-state index is 0.00449. The third kappa shape index (κ3) is 5.21. The third-order valence-corrected chi connectivity index (χ3v) is 5.77. The van der Waals surface area contributed by atoms with Gasteiger partial charge in [0.05, 0.1) is 11.6 Å². The number of amides is 2. The predicted molar refractivity (Wildman–Crippen MR) is 125 cm³/mol. The summed E-state index contributed by atoms with van der Waals surface area (Å²) in [5, 5.41) is 9.23. The number of nitriles is 1. The molecule has 3 aromatic rings. The topological polar surface area (TPSA) is 73.6 Å². The highest BCUT2D eigenvalue weighted by molar-refractivity contribution is 5.96. The van der Waals surface area contributed by atoms with Crippen LogP contribution in [0.15, 0.2) is 72.8 Å². The fraction of sp³-hybridized carbons (Fsp3) is 0.222. The molecule has 1 fully saturated rings. The Labute approximate surface area is 193 Å². The summed E-state index contributed by atoms with van der Waals surface area (Å²) in [7, 11) is 0. The van der Waals surface area contributed by atoms with Crippen LogP contribution in [-0.2, 0) is 6.61 Å². The van der Waals surface area contributed by atoms with Crippen LogP contribution in [0.25, 0.3) is 0 Å². The lowest BCUT2D eigenvalue weighted by Gasteiger charge is -2.35. The molecule has 0 N–H and O–H groups in total. The molecular formula is C27H25N3O3. The molecule has 4 rings (SSSR count). The number of benzene rings is 3. The number of aryl methyl sites for hydroxylation is 1. The standard InChI is InChI=1S/C27H25N3O3/c1-20-9-11-21(12-10-20)26(31)29-13-15-30(16-14-29)27(32)22-7-4-8-25(17-22)33-19-24-6-3-2-5-23(24)18-28/h2-12,17H,13-16,19H2,1H3. The maximum atomic E-state index is 13.0. The highest BCUT2D eigenvalue weighted by atomic mass is 16.5. The number of piperazine rings is 1. The number of hydrogen-bond acceptors (Lipinski definition) is 4. The zero-order valence-corrected chi connectivity index (χ0v) is 18.5. The van der Waals surface area contributed by atoms with Gasteiger partial charge in [-0.05, 0) is 43.3 Å². The summed E-state index contributed by atoms with van der Waals surface area (Å²) in [5.41, 5.74) is 3.69. The lowest BCUT2D eigenvalue weighted by Crippen LogP contribution is -2.50. The molecule has 33 heavy (non-hydrogen) atoms. The molecule has 2 amide bonds. The van der Waals surface area contributed by atoms with E-state index < -0.39 is 0 Å². The van der Waals surface area contributed by atoms with Crippen LogP contribution < -0.4 is 4.74 Å². The number of carbonyl (C=O) groups is 2. The van der Waals surface area contributed by atoms with E-state index in [0.29, 0.717) is 48.6 Å². The summed E-state index contributed by atoms with van der Waals surface area (Å²) >= 11 is 0. The van der Waals surface area contributed by atoms with Crippen LogP contribution in [0.1, 0.15) is 37.4 Å². The summed E-state index contributed by atoms with van der Waals surface area (Å²) in [6.07, 6.45) is 0. The fourth-order valence-electron chi connectivity index (χ4n) is 3.81. The van der Waals surface area contributed by atoms with Gasteiger partial charge in [-0.25, -0.2) is 0 Å². The van der Waals surface area contributed by atoms with Gasteiger partial charge in [0.1, 0.15) is 12.4 Å². The molecule has 1 saturated heterocycles. The Balaban J connectivity index is 1.35. The van der Waals surface area contributed by atoms with Gasteiger partial charge >= 0.3 is 0 Å². The first kappa shape index (κ1) is 22.1. The molecule has 1 aliphatic rings. The first-order valence-corrected chi connectivity index (χ1v) is 10.9. The highest BCUT2D eigenvalue weighted by Crippen LogP contribution is 2.19. The number of hydrogen-bond donors (Lipinski definition) is 0. The van der Waals surface area contributed by atoms with E-state index in [-0.39, 0.29) is 18.4 Å². The van der Waals surface area contributed by atoms with Gasteiger partial charge in [0.2, 0.25) is 0 Å². The molecule has 6 heteroatoms. The van der Waals surface area contributed by atoms with Crippen LogP contribution in [0, 0.1) is 18.3 Å². The zero-order valence-electron chi connectivity index (χ0n) is 18.5. The summed E-state index contributed by atoms with van der Waals surface area (Å²) < 4.78 is 5.84. The first-order valence-electron chi connectivity index (χ1n) is 10.9. The van der Waals surface area contributed by atoms with Crippen LogP contribution in [0.5, 0.6) is 5.75 Å². The molecular weight excluding hydrogens is 414 g/mol. The van der Waals surface area contributed by atoms with E-state index in [2.05, 4.69) is 6.07 Å². The summed E-state index contributed by atoms with van der Waals surface area (Å²) in [5.74, 6) is 0.484. The largest absolute Gasteiger partial charge is 0.489 e. The van der Waals surface area contributed by atoms with Crippen molar-refractivity contribution in [2.24, 2.45) is 0 Å². The normalized spacial score (nSPS) is 13.3. The molecule has 0 unspecified atom stereocenters. The Morgan fingerprint density at radius 2 is 1.48 bits per heavy atom. The van der Waals surface area contributed by atoms with Crippen molar-refractivity contribution < 1.29 is 14.3 Å². The second-order valence-corrected chi connectivity index (χ2v) is 8.04. The van der Waals surface area contributed by atoms with E-state index in [0.717, 1.165) is 11.1 Å². The SMILES string of the molecule is Cc1ccc(C(=O)N2CCN(C(=O)c3cccc(OCc4ccccc4C#N)c3)CC2)cc1. The van der Waals surface area contributed by atoms with E-state index in [1.807, 2.05) is 49.4 Å². The molecule has 0 spiro atoms. The highest BCUT2D eigenvalue weighted by Gasteiger charge is 2.25. The number of nitrogens with zero attached hydrogens (tertiary/aromatic N) is 3. The smallest absolute Gasteiger partial charge is 0.254 e. The molecule has 0 bridgehead atoms. The van der Waals surface area contributed by atoms with Gasteiger partial charge in [0.25, 0.3) is 11.8 Å². The number of carbonyl (C=O) groups excluding carboxylic acids is 2. The van der Waals surface area contributed by atoms with Gasteiger partial charge in [0.15, 0.2) is 0 Å². The summed E-state index contributed by atoms with van der Waals surface area (Å²) in [6.45, 7) is 4.21.